The summed E-state index contributed by atoms with van der Waals surface area (Å²) in [5.41, 5.74) is 0. The summed E-state index contributed by atoms with van der Waals surface area (Å²) in [4.78, 5) is 10.4. The van der Waals surface area contributed by atoms with E-state index in [2.05, 4.69) is 4.36 Å². The number of hydrogen-bond donors (Lipinski definition) is 1. The van der Waals surface area contributed by atoms with Crippen molar-refractivity contribution in [1.29, 1.82) is 0 Å². The zero-order chi connectivity index (χ0) is 8.27. The molecule has 0 radical (unpaired) electrons. The first-order chi connectivity index (χ1) is 5.20. The standard InChI is InChI=1S/C6H11NO2S2/c1-5(6(8)9)7-11-4-2-3-10-11/h5H,2-4H2,1H3,(H,8,9)/t5-,11?/m0/s1. The number of carboxylic acid groups (broad SMARTS) is 1. The van der Waals surface area contributed by atoms with Crippen LogP contribution in [0, 0.1) is 0 Å². The number of hydrogen-bond acceptors (Lipinski definition) is 3. The predicted octanol–water partition coefficient (Wildman–Crippen LogP) is 1.31. The molecule has 64 valence electrons. The molecule has 1 saturated heterocycles. The second-order valence-corrected chi connectivity index (χ2v) is 6.09. The lowest BCUT2D eigenvalue weighted by molar-refractivity contribution is -0.137. The predicted molar refractivity (Wildman–Crippen MR) is 48.8 cm³/mol. The Labute approximate surface area is 72.1 Å². The summed E-state index contributed by atoms with van der Waals surface area (Å²) >= 11 is 0. The smallest absolute Gasteiger partial charge is 0.328 e. The Kier molecular flexibility index (Phi) is 3.39. The van der Waals surface area contributed by atoms with Crippen molar-refractivity contribution in [3.8, 4) is 0 Å². The fourth-order valence-corrected chi connectivity index (χ4v) is 4.66. The van der Waals surface area contributed by atoms with Gasteiger partial charge < -0.3 is 5.11 Å². The fourth-order valence-electron chi connectivity index (χ4n) is 0.701. The summed E-state index contributed by atoms with van der Waals surface area (Å²) in [7, 11) is 1.77. The molecule has 1 rings (SSSR count). The van der Waals surface area contributed by atoms with Gasteiger partial charge in [0.25, 0.3) is 0 Å². The quantitative estimate of drug-likeness (QED) is 0.673. The van der Waals surface area contributed by atoms with Crippen LogP contribution >= 0.6 is 10.8 Å². The van der Waals surface area contributed by atoms with Crippen molar-refractivity contribution in [1.82, 2.24) is 0 Å². The molecule has 11 heavy (non-hydrogen) atoms. The Balaban J connectivity index is 2.49. The number of carbonyl (C=O) groups is 1. The third-order valence-corrected chi connectivity index (χ3v) is 5.31. The van der Waals surface area contributed by atoms with Gasteiger partial charge >= 0.3 is 5.97 Å². The van der Waals surface area contributed by atoms with Crippen LogP contribution in [0.15, 0.2) is 4.36 Å². The first-order valence-corrected chi connectivity index (χ1v) is 6.33. The highest BCUT2D eigenvalue weighted by atomic mass is 33.1. The van der Waals surface area contributed by atoms with Gasteiger partial charge in [-0.05, 0) is 23.1 Å². The number of aliphatic carboxylic acids is 1. The summed E-state index contributed by atoms with van der Waals surface area (Å²) in [5.74, 6) is 1.39. The summed E-state index contributed by atoms with van der Waals surface area (Å²) in [6, 6.07) is -0.524. The van der Waals surface area contributed by atoms with Crippen molar-refractivity contribution < 1.29 is 9.90 Å². The zero-order valence-electron chi connectivity index (χ0n) is 6.32. The van der Waals surface area contributed by atoms with E-state index in [-0.39, 0.29) is 9.72 Å². The maximum absolute atomic E-state index is 10.4. The van der Waals surface area contributed by atoms with Crippen LogP contribution in [0.3, 0.4) is 0 Å². The Morgan fingerprint density at radius 3 is 3.00 bits per heavy atom. The lowest BCUT2D eigenvalue weighted by Crippen LogP contribution is -2.13. The molecule has 3 nitrogen and oxygen atoms in total. The van der Waals surface area contributed by atoms with Gasteiger partial charge in [-0.25, -0.2) is 9.16 Å². The van der Waals surface area contributed by atoms with E-state index in [1.165, 1.54) is 6.42 Å². The molecule has 5 heteroatoms. The molecule has 1 unspecified atom stereocenters. The fraction of sp³-hybridized carbons (Fsp3) is 0.833. The summed E-state index contributed by atoms with van der Waals surface area (Å²) in [6.07, 6.45) is 1.18. The van der Waals surface area contributed by atoms with Gasteiger partial charge in [0.05, 0.1) is 0 Å². The van der Waals surface area contributed by atoms with E-state index in [1.54, 1.807) is 17.7 Å². The van der Waals surface area contributed by atoms with Crippen LogP contribution in [-0.4, -0.2) is 28.6 Å². The summed E-state index contributed by atoms with van der Waals surface area (Å²) in [5, 5.41) is 8.54. The van der Waals surface area contributed by atoms with Crippen LogP contribution in [0.25, 0.3) is 0 Å². The van der Waals surface area contributed by atoms with Crippen LogP contribution in [0.1, 0.15) is 13.3 Å². The number of nitrogens with zero attached hydrogens (tertiary/aromatic N) is 1. The normalized spacial score (nSPS) is 27.2. The maximum atomic E-state index is 10.4. The molecule has 1 heterocycles. The van der Waals surface area contributed by atoms with Crippen molar-refractivity contribution >= 4 is 26.5 Å². The summed E-state index contributed by atoms with van der Waals surface area (Å²) < 4.78 is 4.17. The molecule has 0 saturated carbocycles. The molecule has 2 atom stereocenters. The molecule has 1 N–H and O–H groups in total. The first-order valence-electron chi connectivity index (χ1n) is 3.48. The molecule has 0 aromatic rings. The highest BCUT2D eigenvalue weighted by Crippen LogP contribution is 2.22. The number of carboxylic acids is 1. The second kappa shape index (κ2) is 4.11. The summed E-state index contributed by atoms with van der Waals surface area (Å²) in [6.45, 7) is 1.63. The number of rotatable bonds is 2. The molecule has 1 aliphatic heterocycles. The minimum Gasteiger partial charge on any atom is -0.480 e. The first kappa shape index (κ1) is 9.06. The van der Waals surface area contributed by atoms with E-state index in [0.29, 0.717) is 0 Å². The van der Waals surface area contributed by atoms with Gasteiger partial charge in [-0.2, -0.15) is 0 Å². The van der Waals surface area contributed by atoms with E-state index >= 15 is 0 Å². The van der Waals surface area contributed by atoms with Crippen LogP contribution in [0.4, 0.5) is 0 Å². The van der Waals surface area contributed by atoms with Crippen molar-refractivity contribution in [3.05, 3.63) is 0 Å². The van der Waals surface area contributed by atoms with E-state index in [9.17, 15) is 4.79 Å². The molecule has 0 bridgehead atoms. The minimum atomic E-state index is -0.815. The van der Waals surface area contributed by atoms with Crippen molar-refractivity contribution in [2.75, 3.05) is 11.5 Å². The molecule has 0 aromatic heterocycles. The van der Waals surface area contributed by atoms with E-state index in [0.717, 1.165) is 11.5 Å². The molecular weight excluding hydrogens is 182 g/mol. The molecule has 1 fully saturated rings. The van der Waals surface area contributed by atoms with Crippen molar-refractivity contribution in [3.63, 3.8) is 0 Å². The Morgan fingerprint density at radius 2 is 2.55 bits per heavy atom. The van der Waals surface area contributed by atoms with Crippen molar-refractivity contribution in [2.24, 2.45) is 4.36 Å². The topological polar surface area (TPSA) is 49.7 Å². The highest BCUT2D eigenvalue weighted by Gasteiger charge is 2.13. The average molecular weight is 193 g/mol. The average Bonchev–Trinajstić information content (AvgIpc) is 2.39. The van der Waals surface area contributed by atoms with Gasteiger partial charge in [0, 0.05) is 11.5 Å². The van der Waals surface area contributed by atoms with Crippen LogP contribution < -0.4 is 0 Å². The van der Waals surface area contributed by atoms with Crippen LogP contribution in [-0.2, 0) is 14.5 Å². The Morgan fingerprint density at radius 1 is 1.82 bits per heavy atom. The SMILES string of the molecule is C[C@H](N=S1CCCS1)C(=O)O. The molecule has 0 aromatic carbocycles. The lowest BCUT2D eigenvalue weighted by Gasteiger charge is -2.00. The monoisotopic (exact) mass is 193 g/mol. The van der Waals surface area contributed by atoms with Gasteiger partial charge in [0.2, 0.25) is 0 Å². The van der Waals surface area contributed by atoms with E-state index in [1.807, 2.05) is 0 Å². The lowest BCUT2D eigenvalue weighted by atomic mass is 10.4. The molecular formula is C6H11NO2S2. The van der Waals surface area contributed by atoms with Gasteiger partial charge in [-0.15, -0.1) is 0 Å². The van der Waals surface area contributed by atoms with Gasteiger partial charge in [-0.3, -0.25) is 0 Å². The van der Waals surface area contributed by atoms with Crippen LogP contribution in [0.5, 0.6) is 0 Å². The van der Waals surface area contributed by atoms with Gasteiger partial charge in [0.1, 0.15) is 0 Å². The molecule has 0 amide bonds. The highest BCUT2D eigenvalue weighted by molar-refractivity contribution is 8.70. The van der Waals surface area contributed by atoms with Crippen LogP contribution in [0.2, 0.25) is 0 Å². The minimum absolute atomic E-state index is 0.0171. The second-order valence-electron chi connectivity index (χ2n) is 2.32. The largest absolute Gasteiger partial charge is 0.480 e. The van der Waals surface area contributed by atoms with E-state index in [4.69, 9.17) is 5.11 Å². The van der Waals surface area contributed by atoms with Gasteiger partial charge in [0.15, 0.2) is 6.04 Å². The third kappa shape index (κ3) is 2.83. The van der Waals surface area contributed by atoms with E-state index < -0.39 is 12.0 Å². The van der Waals surface area contributed by atoms with Gasteiger partial charge in [-0.1, -0.05) is 10.8 Å². The third-order valence-electron chi connectivity index (χ3n) is 1.32. The Bertz CT molecular complexity index is 185. The molecule has 0 spiro atoms. The maximum Gasteiger partial charge on any atom is 0.328 e. The molecule has 0 aliphatic carbocycles. The molecule has 1 aliphatic rings. The van der Waals surface area contributed by atoms with Crippen molar-refractivity contribution in [2.45, 2.75) is 19.4 Å². The Hall–Kier alpha value is -0.0300. The zero-order valence-corrected chi connectivity index (χ0v) is 7.95.